The van der Waals surface area contributed by atoms with Crippen molar-refractivity contribution in [1.29, 1.82) is 0 Å². The lowest BCUT2D eigenvalue weighted by molar-refractivity contribution is -0.142. The fourth-order valence-electron chi connectivity index (χ4n) is 3.30. The number of piperazine rings is 1. The number of thiophene rings is 1. The number of carbonyl (C=O) groups excluding carboxylic acids is 1. The van der Waals surface area contributed by atoms with Crippen LogP contribution in [0.3, 0.4) is 0 Å². The van der Waals surface area contributed by atoms with Gasteiger partial charge in [0.05, 0.1) is 3.79 Å². The van der Waals surface area contributed by atoms with Crippen LogP contribution in [0.1, 0.15) is 24.6 Å². The van der Waals surface area contributed by atoms with Crippen molar-refractivity contribution in [3.8, 4) is 0 Å². The lowest BCUT2D eigenvalue weighted by atomic mass is 10.2. The predicted molar refractivity (Wildman–Crippen MR) is 109 cm³/mol. The largest absolute Gasteiger partial charge is 0.368 e. The maximum atomic E-state index is 12.5. The number of guanidine groups is 1. The van der Waals surface area contributed by atoms with Crippen LogP contribution in [0.5, 0.6) is 0 Å². The number of hydrogen-bond donors (Lipinski definition) is 1. The highest BCUT2D eigenvalue weighted by Crippen LogP contribution is 2.22. The Labute approximate surface area is 167 Å². The second kappa shape index (κ2) is 9.71. The van der Waals surface area contributed by atoms with Crippen LogP contribution in [0.15, 0.2) is 20.9 Å². The first kappa shape index (κ1) is 19.6. The van der Waals surface area contributed by atoms with Gasteiger partial charge in [-0.2, -0.15) is 0 Å². The lowest BCUT2D eigenvalue weighted by Gasteiger charge is -2.37. The molecule has 1 aromatic rings. The Kier molecular flexibility index (Phi) is 7.33. The van der Waals surface area contributed by atoms with E-state index in [1.165, 1.54) is 4.88 Å². The summed E-state index contributed by atoms with van der Waals surface area (Å²) in [6.07, 6.45) is 2.59. The predicted octanol–water partition coefficient (Wildman–Crippen LogP) is 2.34. The highest BCUT2D eigenvalue weighted by molar-refractivity contribution is 9.11. The van der Waals surface area contributed by atoms with E-state index in [1.807, 2.05) is 4.90 Å². The average Bonchev–Trinajstić information content (AvgIpc) is 3.32. The van der Waals surface area contributed by atoms with Crippen molar-refractivity contribution in [3.05, 3.63) is 20.8 Å². The fraction of sp³-hybridized carbons (Fsp3) is 0.667. The van der Waals surface area contributed by atoms with Crippen LogP contribution in [0, 0.1) is 0 Å². The second-order valence-electron chi connectivity index (χ2n) is 6.51. The zero-order valence-electron chi connectivity index (χ0n) is 15.2. The van der Waals surface area contributed by atoms with E-state index in [1.54, 1.807) is 11.3 Å². The molecule has 1 unspecified atom stereocenters. The van der Waals surface area contributed by atoms with Crippen molar-refractivity contribution in [2.45, 2.75) is 32.3 Å². The van der Waals surface area contributed by atoms with Crippen molar-refractivity contribution < 1.29 is 9.53 Å². The van der Waals surface area contributed by atoms with Gasteiger partial charge in [-0.15, -0.1) is 11.3 Å². The first-order valence-electron chi connectivity index (χ1n) is 9.35. The van der Waals surface area contributed by atoms with E-state index in [4.69, 9.17) is 9.73 Å². The van der Waals surface area contributed by atoms with Crippen LogP contribution < -0.4 is 5.32 Å². The van der Waals surface area contributed by atoms with E-state index in [0.29, 0.717) is 6.61 Å². The third-order valence-corrected chi connectivity index (χ3v) is 6.36. The monoisotopic (exact) mass is 442 g/mol. The summed E-state index contributed by atoms with van der Waals surface area (Å²) >= 11 is 5.26. The minimum atomic E-state index is -0.214. The summed E-state index contributed by atoms with van der Waals surface area (Å²) in [5, 5.41) is 3.38. The molecule has 2 aliphatic heterocycles. The molecule has 26 heavy (non-hydrogen) atoms. The van der Waals surface area contributed by atoms with Crippen LogP contribution in [0.25, 0.3) is 0 Å². The van der Waals surface area contributed by atoms with E-state index >= 15 is 0 Å². The molecule has 8 heteroatoms. The minimum absolute atomic E-state index is 0.160. The minimum Gasteiger partial charge on any atom is -0.368 e. The van der Waals surface area contributed by atoms with Crippen LogP contribution in [0.4, 0.5) is 0 Å². The molecule has 2 saturated heterocycles. The molecule has 0 radical (unpaired) electrons. The molecule has 1 aromatic heterocycles. The second-order valence-corrected chi connectivity index (χ2v) is 9.05. The number of amides is 1. The summed E-state index contributed by atoms with van der Waals surface area (Å²) in [7, 11) is 0. The molecule has 0 aliphatic carbocycles. The Balaban J connectivity index is 1.50. The average molecular weight is 443 g/mol. The fourth-order valence-corrected chi connectivity index (χ4v) is 4.77. The number of ether oxygens (including phenoxy) is 1. The number of nitrogens with one attached hydrogen (secondary N) is 1. The van der Waals surface area contributed by atoms with Gasteiger partial charge in [0.15, 0.2) is 5.96 Å². The quantitative estimate of drug-likeness (QED) is 0.561. The normalized spacial score (nSPS) is 21.3. The summed E-state index contributed by atoms with van der Waals surface area (Å²) in [5.41, 5.74) is 0. The maximum absolute atomic E-state index is 12.5. The molecule has 3 heterocycles. The number of nitrogens with zero attached hydrogens (tertiary/aromatic N) is 3. The number of aliphatic imine (C=N–C) groups is 1. The Hall–Kier alpha value is -1.12. The number of hydrogen-bond acceptors (Lipinski definition) is 4. The maximum Gasteiger partial charge on any atom is 0.251 e. The standard InChI is InChI=1S/C18H27BrN4O2S/c1-2-20-18(21-8-7-14-5-6-16(19)26-14)23-11-9-22(10-12-23)17(24)15-4-3-13-25-15/h5-6,15H,2-4,7-13H2,1H3,(H,20,21). The lowest BCUT2D eigenvalue weighted by Crippen LogP contribution is -2.55. The number of rotatable bonds is 5. The first-order valence-corrected chi connectivity index (χ1v) is 11.0. The molecule has 6 nitrogen and oxygen atoms in total. The number of carbonyl (C=O) groups is 1. The topological polar surface area (TPSA) is 57.2 Å². The Bertz CT molecular complexity index is 622. The van der Waals surface area contributed by atoms with Crippen molar-refractivity contribution >= 4 is 39.1 Å². The van der Waals surface area contributed by atoms with Gasteiger partial charge in [-0.25, -0.2) is 0 Å². The van der Waals surface area contributed by atoms with Crippen molar-refractivity contribution in [3.63, 3.8) is 0 Å². The zero-order chi connectivity index (χ0) is 18.4. The summed E-state index contributed by atoms with van der Waals surface area (Å²) in [5.74, 6) is 1.11. The van der Waals surface area contributed by atoms with Gasteiger partial charge in [0.25, 0.3) is 5.91 Å². The van der Waals surface area contributed by atoms with Gasteiger partial charge in [0, 0.05) is 57.2 Å². The van der Waals surface area contributed by atoms with Crippen molar-refractivity contribution in [2.24, 2.45) is 4.99 Å². The van der Waals surface area contributed by atoms with Gasteiger partial charge >= 0.3 is 0 Å². The van der Waals surface area contributed by atoms with Crippen molar-refractivity contribution in [1.82, 2.24) is 15.1 Å². The summed E-state index contributed by atoms with van der Waals surface area (Å²) in [6.45, 7) is 7.52. The van der Waals surface area contributed by atoms with Gasteiger partial charge < -0.3 is 19.9 Å². The van der Waals surface area contributed by atoms with Gasteiger partial charge in [0.2, 0.25) is 0 Å². The van der Waals surface area contributed by atoms with Crippen LogP contribution >= 0.6 is 27.3 Å². The van der Waals surface area contributed by atoms with E-state index < -0.39 is 0 Å². The molecule has 144 valence electrons. The molecule has 0 bridgehead atoms. The third kappa shape index (κ3) is 5.20. The molecular formula is C18H27BrN4O2S. The smallest absolute Gasteiger partial charge is 0.251 e. The molecule has 1 amide bonds. The number of halogens is 1. The van der Waals surface area contributed by atoms with Gasteiger partial charge in [-0.1, -0.05) is 0 Å². The molecule has 1 atom stereocenters. The van der Waals surface area contributed by atoms with E-state index in [-0.39, 0.29) is 12.0 Å². The Morgan fingerprint density at radius 3 is 2.73 bits per heavy atom. The zero-order valence-corrected chi connectivity index (χ0v) is 17.6. The van der Waals surface area contributed by atoms with Crippen molar-refractivity contribution in [2.75, 3.05) is 45.9 Å². The van der Waals surface area contributed by atoms with Crippen LogP contribution in [-0.4, -0.2) is 73.6 Å². The highest BCUT2D eigenvalue weighted by atomic mass is 79.9. The molecule has 1 N–H and O–H groups in total. The Morgan fingerprint density at radius 2 is 2.12 bits per heavy atom. The molecule has 0 aromatic carbocycles. The molecule has 0 spiro atoms. The summed E-state index contributed by atoms with van der Waals surface area (Å²) in [6, 6.07) is 4.23. The van der Waals surface area contributed by atoms with Gasteiger partial charge in [-0.05, 0) is 47.8 Å². The summed E-state index contributed by atoms with van der Waals surface area (Å²) < 4.78 is 6.70. The molecule has 2 aliphatic rings. The van der Waals surface area contributed by atoms with E-state index in [2.05, 4.69) is 45.2 Å². The Morgan fingerprint density at radius 1 is 1.35 bits per heavy atom. The molecular weight excluding hydrogens is 416 g/mol. The highest BCUT2D eigenvalue weighted by Gasteiger charge is 2.30. The van der Waals surface area contributed by atoms with Gasteiger partial charge in [-0.3, -0.25) is 9.79 Å². The SMILES string of the molecule is CCNC(=NCCc1ccc(Br)s1)N1CCN(C(=O)C2CCCO2)CC1. The van der Waals surface area contributed by atoms with Crippen LogP contribution in [0.2, 0.25) is 0 Å². The summed E-state index contributed by atoms with van der Waals surface area (Å²) in [4.78, 5) is 22.8. The molecule has 2 fully saturated rings. The molecule has 0 saturated carbocycles. The first-order chi connectivity index (χ1) is 12.7. The molecule has 3 rings (SSSR count). The van der Waals surface area contributed by atoms with Crippen LogP contribution in [-0.2, 0) is 16.0 Å². The third-order valence-electron chi connectivity index (χ3n) is 4.68. The van der Waals surface area contributed by atoms with E-state index in [9.17, 15) is 4.79 Å². The van der Waals surface area contributed by atoms with E-state index in [0.717, 1.165) is 68.3 Å². The van der Waals surface area contributed by atoms with Gasteiger partial charge in [0.1, 0.15) is 6.10 Å².